The second-order valence-electron chi connectivity index (χ2n) is 5.85. The van der Waals surface area contributed by atoms with Crippen molar-refractivity contribution in [2.45, 2.75) is 0 Å². The molecule has 0 aliphatic carbocycles. The number of aromatic hydroxyl groups is 1. The van der Waals surface area contributed by atoms with Gasteiger partial charge in [0.2, 0.25) is 0 Å². The molecule has 0 saturated carbocycles. The maximum Gasteiger partial charge on any atom is 0.162 e. The first kappa shape index (κ1) is 17.2. The topological polar surface area (TPSA) is 70.4 Å². The number of phenolic OH excluding ortho intramolecular Hbond substituents is 1. The molecule has 27 heavy (non-hydrogen) atoms. The van der Waals surface area contributed by atoms with Crippen LogP contribution in [0.4, 0.5) is 5.82 Å². The number of fused-ring (bicyclic) bond motifs is 1. The maximum atomic E-state index is 9.85. The zero-order valence-electron chi connectivity index (χ0n) is 14.2. The number of nitrogens with one attached hydrogen (secondary N) is 1. The lowest BCUT2D eigenvalue weighted by Gasteiger charge is -2.08. The van der Waals surface area contributed by atoms with Crippen molar-refractivity contribution in [1.82, 2.24) is 9.97 Å². The fraction of sp³-hybridized carbons (Fsp3) is 0. The summed E-state index contributed by atoms with van der Waals surface area (Å²) in [5.74, 6) is 1.39. The zero-order valence-corrected chi connectivity index (χ0v) is 15.8. The van der Waals surface area contributed by atoms with Crippen molar-refractivity contribution in [3.05, 3.63) is 82.8 Å². The van der Waals surface area contributed by atoms with Crippen LogP contribution >= 0.6 is 15.9 Å². The van der Waals surface area contributed by atoms with E-state index < -0.39 is 0 Å². The molecule has 0 atom stereocenters. The molecule has 1 aromatic heterocycles. The van der Waals surface area contributed by atoms with Crippen LogP contribution in [0.1, 0.15) is 5.56 Å². The van der Waals surface area contributed by atoms with Gasteiger partial charge in [-0.05, 0) is 36.4 Å². The van der Waals surface area contributed by atoms with Crippen molar-refractivity contribution in [3.8, 4) is 17.1 Å². The van der Waals surface area contributed by atoms with Gasteiger partial charge in [-0.3, -0.25) is 5.43 Å². The molecule has 0 radical (unpaired) electrons. The lowest BCUT2D eigenvalue weighted by molar-refractivity contribution is 0.474. The van der Waals surface area contributed by atoms with E-state index in [0.29, 0.717) is 17.2 Å². The number of aromatic nitrogens is 2. The summed E-state index contributed by atoms with van der Waals surface area (Å²) in [6.45, 7) is 0. The zero-order chi connectivity index (χ0) is 18.6. The molecule has 0 saturated heterocycles. The van der Waals surface area contributed by atoms with Gasteiger partial charge in [-0.1, -0.05) is 52.3 Å². The summed E-state index contributed by atoms with van der Waals surface area (Å²) < 4.78 is 0.998. The minimum Gasteiger partial charge on any atom is -0.507 e. The number of anilines is 1. The Morgan fingerprint density at radius 3 is 2.44 bits per heavy atom. The standard InChI is InChI=1S/C21H15BrN4O/c22-16-11-9-14(10-12-16)20-24-18-7-3-2-6-17(18)21(25-20)26-23-13-15-5-1-4-8-19(15)27/h1-13,27H,(H,24,25,26)/b23-13-. The van der Waals surface area contributed by atoms with Crippen LogP contribution in [0, 0.1) is 0 Å². The number of nitrogens with zero attached hydrogens (tertiary/aromatic N) is 3. The summed E-state index contributed by atoms with van der Waals surface area (Å²) in [5.41, 5.74) is 5.34. The lowest BCUT2D eigenvalue weighted by Crippen LogP contribution is -1.99. The molecule has 2 N–H and O–H groups in total. The second-order valence-corrected chi connectivity index (χ2v) is 6.76. The van der Waals surface area contributed by atoms with Crippen LogP contribution < -0.4 is 5.43 Å². The largest absolute Gasteiger partial charge is 0.507 e. The van der Waals surface area contributed by atoms with Crippen LogP contribution in [0.25, 0.3) is 22.3 Å². The molecule has 0 unspecified atom stereocenters. The number of phenols is 1. The number of hydrazone groups is 1. The highest BCUT2D eigenvalue weighted by Crippen LogP contribution is 2.26. The van der Waals surface area contributed by atoms with Crippen LogP contribution in [0.5, 0.6) is 5.75 Å². The van der Waals surface area contributed by atoms with E-state index in [1.54, 1.807) is 24.4 Å². The Hall–Kier alpha value is -3.25. The fourth-order valence-corrected chi connectivity index (χ4v) is 2.91. The molecule has 0 fully saturated rings. The van der Waals surface area contributed by atoms with Gasteiger partial charge in [0.25, 0.3) is 0 Å². The van der Waals surface area contributed by atoms with Crippen molar-refractivity contribution in [2.24, 2.45) is 5.10 Å². The molecule has 0 amide bonds. The van der Waals surface area contributed by atoms with E-state index in [0.717, 1.165) is 20.9 Å². The summed E-state index contributed by atoms with van der Waals surface area (Å²) >= 11 is 3.44. The minimum absolute atomic E-state index is 0.172. The number of hydrogen-bond acceptors (Lipinski definition) is 5. The monoisotopic (exact) mass is 418 g/mol. The Morgan fingerprint density at radius 2 is 1.63 bits per heavy atom. The fourth-order valence-electron chi connectivity index (χ4n) is 2.65. The van der Waals surface area contributed by atoms with Gasteiger partial charge in [0, 0.05) is 21.0 Å². The Balaban J connectivity index is 1.72. The highest BCUT2D eigenvalue weighted by atomic mass is 79.9. The van der Waals surface area contributed by atoms with Crippen LogP contribution in [-0.4, -0.2) is 21.3 Å². The highest BCUT2D eigenvalue weighted by molar-refractivity contribution is 9.10. The van der Waals surface area contributed by atoms with E-state index in [4.69, 9.17) is 0 Å². The van der Waals surface area contributed by atoms with E-state index in [1.165, 1.54) is 0 Å². The lowest BCUT2D eigenvalue weighted by atomic mass is 10.2. The van der Waals surface area contributed by atoms with Crippen LogP contribution in [0.2, 0.25) is 0 Å². The van der Waals surface area contributed by atoms with Crippen LogP contribution in [0.3, 0.4) is 0 Å². The summed E-state index contributed by atoms with van der Waals surface area (Å²) in [6, 6.07) is 22.6. The van der Waals surface area contributed by atoms with Gasteiger partial charge in [-0.2, -0.15) is 5.10 Å². The first-order chi connectivity index (χ1) is 13.2. The Morgan fingerprint density at radius 1 is 0.889 bits per heavy atom. The normalized spacial score (nSPS) is 11.1. The smallest absolute Gasteiger partial charge is 0.162 e. The molecule has 4 rings (SSSR count). The molecule has 0 spiro atoms. The molecule has 0 bridgehead atoms. The summed E-state index contributed by atoms with van der Waals surface area (Å²) in [6.07, 6.45) is 1.56. The summed E-state index contributed by atoms with van der Waals surface area (Å²) in [7, 11) is 0. The van der Waals surface area contributed by atoms with Crippen molar-refractivity contribution in [2.75, 3.05) is 5.43 Å². The third-order valence-corrected chi connectivity index (χ3v) is 4.55. The van der Waals surface area contributed by atoms with Crippen LogP contribution in [0.15, 0.2) is 82.4 Å². The first-order valence-corrected chi connectivity index (χ1v) is 9.10. The van der Waals surface area contributed by atoms with Gasteiger partial charge >= 0.3 is 0 Å². The van der Waals surface area contributed by atoms with Gasteiger partial charge in [-0.15, -0.1) is 0 Å². The first-order valence-electron chi connectivity index (χ1n) is 8.30. The number of hydrogen-bond donors (Lipinski definition) is 2. The van der Waals surface area contributed by atoms with Gasteiger partial charge < -0.3 is 5.11 Å². The minimum atomic E-state index is 0.172. The highest BCUT2D eigenvalue weighted by Gasteiger charge is 2.09. The van der Waals surface area contributed by atoms with E-state index in [9.17, 15) is 5.11 Å². The molecule has 132 valence electrons. The Bertz CT molecular complexity index is 1130. The Kier molecular flexibility index (Phi) is 4.80. The summed E-state index contributed by atoms with van der Waals surface area (Å²) in [5, 5.41) is 15.0. The van der Waals surface area contributed by atoms with E-state index in [-0.39, 0.29) is 5.75 Å². The molecule has 3 aromatic carbocycles. The van der Waals surface area contributed by atoms with Crippen molar-refractivity contribution < 1.29 is 5.11 Å². The van der Waals surface area contributed by atoms with E-state index in [1.807, 2.05) is 54.6 Å². The van der Waals surface area contributed by atoms with Gasteiger partial charge in [0.15, 0.2) is 11.6 Å². The van der Waals surface area contributed by atoms with Crippen LogP contribution in [-0.2, 0) is 0 Å². The quantitative estimate of drug-likeness (QED) is 0.352. The summed E-state index contributed by atoms with van der Waals surface area (Å²) in [4.78, 5) is 9.30. The molecular weight excluding hydrogens is 404 g/mol. The number of para-hydroxylation sites is 2. The molecule has 0 aliphatic heterocycles. The van der Waals surface area contributed by atoms with E-state index in [2.05, 4.69) is 36.4 Å². The molecule has 1 heterocycles. The predicted molar refractivity (Wildman–Crippen MR) is 112 cm³/mol. The maximum absolute atomic E-state index is 9.85. The molecule has 6 heteroatoms. The van der Waals surface area contributed by atoms with Crippen molar-refractivity contribution in [3.63, 3.8) is 0 Å². The number of rotatable bonds is 4. The van der Waals surface area contributed by atoms with Gasteiger partial charge in [0.1, 0.15) is 5.75 Å². The predicted octanol–water partition coefficient (Wildman–Crippen LogP) is 5.21. The third kappa shape index (κ3) is 3.80. The number of halogens is 1. The molecule has 5 nitrogen and oxygen atoms in total. The van der Waals surface area contributed by atoms with E-state index >= 15 is 0 Å². The second kappa shape index (κ2) is 7.55. The molecule has 4 aromatic rings. The van der Waals surface area contributed by atoms with Gasteiger partial charge in [0.05, 0.1) is 11.7 Å². The average molecular weight is 419 g/mol. The Labute approximate surface area is 164 Å². The average Bonchev–Trinajstić information content (AvgIpc) is 2.70. The molecule has 0 aliphatic rings. The number of benzene rings is 3. The SMILES string of the molecule is Oc1ccccc1/C=N\Nc1nc(-c2ccc(Br)cc2)nc2ccccc12. The van der Waals surface area contributed by atoms with Crippen molar-refractivity contribution in [1.29, 1.82) is 0 Å². The molecular formula is C21H15BrN4O. The van der Waals surface area contributed by atoms with Gasteiger partial charge in [-0.25, -0.2) is 9.97 Å². The third-order valence-electron chi connectivity index (χ3n) is 4.02. The van der Waals surface area contributed by atoms with Crippen molar-refractivity contribution >= 4 is 38.9 Å².